The lowest BCUT2D eigenvalue weighted by atomic mass is 10.4. The Kier molecular flexibility index (Phi) is 5.42. The van der Waals surface area contributed by atoms with E-state index in [1.165, 1.54) is 24.9 Å². The normalized spacial score (nSPS) is 10.7. The molecule has 1 amide bonds. The van der Waals surface area contributed by atoms with Crippen molar-refractivity contribution < 1.29 is 23.2 Å². The predicted molar refractivity (Wildman–Crippen MR) is 91.3 cm³/mol. The topological polar surface area (TPSA) is 112 Å². The van der Waals surface area contributed by atoms with Gasteiger partial charge in [0.2, 0.25) is 11.7 Å². The maximum atomic E-state index is 12.0. The number of thioether (sulfide) groups is 1. The van der Waals surface area contributed by atoms with Crippen LogP contribution in [0.2, 0.25) is 0 Å². The molecule has 3 aromatic heterocycles. The maximum absolute atomic E-state index is 12.0. The molecule has 0 unspecified atom stereocenters. The first kappa shape index (κ1) is 17.8. The van der Waals surface area contributed by atoms with Gasteiger partial charge in [0.05, 0.1) is 25.7 Å². The van der Waals surface area contributed by atoms with Crippen LogP contribution in [-0.4, -0.2) is 39.5 Å². The van der Waals surface area contributed by atoms with E-state index in [9.17, 15) is 9.59 Å². The summed E-state index contributed by atoms with van der Waals surface area (Å²) >= 11 is 1.25. The second-order valence-corrected chi connectivity index (χ2v) is 6.11. The average Bonchev–Trinajstić information content (AvgIpc) is 3.38. The summed E-state index contributed by atoms with van der Waals surface area (Å²) < 4.78 is 16.9. The zero-order valence-electron chi connectivity index (χ0n) is 14.1. The predicted octanol–water partition coefficient (Wildman–Crippen LogP) is 1.86. The quantitative estimate of drug-likeness (QED) is 0.491. The number of furan rings is 2. The number of methoxy groups -OCH3 is 1. The summed E-state index contributed by atoms with van der Waals surface area (Å²) in [7, 11) is 3.07. The molecule has 26 heavy (non-hydrogen) atoms. The number of aromatic nitrogens is 3. The van der Waals surface area contributed by atoms with E-state index in [0.717, 1.165) is 0 Å². The van der Waals surface area contributed by atoms with Crippen LogP contribution in [-0.2, 0) is 23.1 Å². The molecular formula is C16H16N4O5S. The zero-order valence-corrected chi connectivity index (χ0v) is 14.9. The SMILES string of the molecule is COC(=O)c1ccc(CNC(=O)CSc2nnc(-c3ccco3)n2C)o1. The molecular weight excluding hydrogens is 360 g/mol. The van der Waals surface area contributed by atoms with E-state index >= 15 is 0 Å². The molecule has 0 saturated heterocycles. The van der Waals surface area contributed by atoms with Crippen molar-refractivity contribution in [3.63, 3.8) is 0 Å². The Morgan fingerprint density at radius 2 is 2.15 bits per heavy atom. The molecule has 1 N–H and O–H groups in total. The number of carbonyl (C=O) groups excluding carboxylic acids is 2. The number of esters is 1. The van der Waals surface area contributed by atoms with Crippen molar-refractivity contribution in [1.82, 2.24) is 20.1 Å². The Labute approximate surface area is 152 Å². The summed E-state index contributed by atoms with van der Waals surface area (Å²) in [5, 5.41) is 11.4. The minimum absolute atomic E-state index is 0.0932. The monoisotopic (exact) mass is 376 g/mol. The van der Waals surface area contributed by atoms with Crippen LogP contribution in [0.1, 0.15) is 16.3 Å². The number of ether oxygens (including phenoxy) is 1. The van der Waals surface area contributed by atoms with E-state index in [1.807, 2.05) is 0 Å². The van der Waals surface area contributed by atoms with E-state index in [1.54, 1.807) is 36.1 Å². The second kappa shape index (κ2) is 7.91. The molecule has 3 aromatic rings. The first-order valence-corrected chi connectivity index (χ1v) is 8.57. The van der Waals surface area contributed by atoms with Crippen LogP contribution in [0.15, 0.2) is 44.5 Å². The summed E-state index contributed by atoms with van der Waals surface area (Å²) in [6.45, 7) is 0.173. The van der Waals surface area contributed by atoms with Crippen LogP contribution in [0, 0.1) is 0 Å². The molecule has 9 nitrogen and oxygen atoms in total. The standard InChI is InChI=1S/C16H16N4O5S/c1-20-14(11-4-3-7-24-11)18-19-16(20)26-9-13(21)17-8-10-5-6-12(25-10)15(22)23-2/h3-7H,8-9H2,1-2H3,(H,17,21). The van der Waals surface area contributed by atoms with Crippen molar-refractivity contribution in [3.8, 4) is 11.6 Å². The fourth-order valence-corrected chi connectivity index (χ4v) is 2.85. The minimum atomic E-state index is -0.562. The third-order valence-electron chi connectivity index (χ3n) is 3.42. The molecule has 10 heteroatoms. The van der Waals surface area contributed by atoms with Crippen molar-refractivity contribution in [2.75, 3.05) is 12.9 Å². The van der Waals surface area contributed by atoms with E-state index < -0.39 is 5.97 Å². The highest BCUT2D eigenvalue weighted by molar-refractivity contribution is 7.99. The van der Waals surface area contributed by atoms with Gasteiger partial charge in [0, 0.05) is 7.05 Å². The largest absolute Gasteiger partial charge is 0.463 e. The Balaban J connectivity index is 1.50. The number of hydrogen-bond acceptors (Lipinski definition) is 8. The number of nitrogens with zero attached hydrogens (tertiary/aromatic N) is 3. The first-order chi connectivity index (χ1) is 12.6. The van der Waals surface area contributed by atoms with E-state index in [-0.39, 0.29) is 24.0 Å². The molecule has 3 heterocycles. The molecule has 3 rings (SSSR count). The molecule has 0 radical (unpaired) electrons. The van der Waals surface area contributed by atoms with E-state index in [4.69, 9.17) is 8.83 Å². The average molecular weight is 376 g/mol. The lowest BCUT2D eigenvalue weighted by molar-refractivity contribution is -0.118. The molecule has 0 saturated carbocycles. The van der Waals surface area contributed by atoms with Gasteiger partial charge in [-0.25, -0.2) is 4.79 Å². The number of amides is 1. The van der Waals surface area contributed by atoms with Gasteiger partial charge in [-0.3, -0.25) is 4.79 Å². The second-order valence-electron chi connectivity index (χ2n) is 5.17. The van der Waals surface area contributed by atoms with Gasteiger partial charge in [0.25, 0.3) is 0 Å². The van der Waals surface area contributed by atoms with Gasteiger partial charge < -0.3 is 23.5 Å². The van der Waals surface area contributed by atoms with Crippen LogP contribution in [0.4, 0.5) is 0 Å². The fourth-order valence-electron chi connectivity index (χ4n) is 2.11. The van der Waals surface area contributed by atoms with Crippen molar-refractivity contribution in [1.29, 1.82) is 0 Å². The Morgan fingerprint density at radius 3 is 2.88 bits per heavy atom. The number of hydrogen-bond donors (Lipinski definition) is 1. The van der Waals surface area contributed by atoms with Crippen LogP contribution >= 0.6 is 11.8 Å². The van der Waals surface area contributed by atoms with Crippen LogP contribution in [0.3, 0.4) is 0 Å². The van der Waals surface area contributed by atoms with Gasteiger partial charge in [-0.2, -0.15) is 0 Å². The molecule has 0 spiro atoms. The number of rotatable bonds is 7. The van der Waals surface area contributed by atoms with E-state index in [0.29, 0.717) is 22.5 Å². The molecule has 0 atom stereocenters. The summed E-state index contributed by atoms with van der Waals surface area (Å²) in [5.41, 5.74) is 0. The highest BCUT2D eigenvalue weighted by Crippen LogP contribution is 2.22. The third kappa shape index (κ3) is 3.97. The molecule has 0 aromatic carbocycles. The summed E-state index contributed by atoms with van der Waals surface area (Å²) in [5.74, 6) is 1.15. The van der Waals surface area contributed by atoms with Crippen molar-refractivity contribution in [2.45, 2.75) is 11.7 Å². The molecule has 136 valence electrons. The smallest absolute Gasteiger partial charge is 0.373 e. The van der Waals surface area contributed by atoms with Crippen molar-refractivity contribution >= 4 is 23.6 Å². The molecule has 0 aliphatic rings. The van der Waals surface area contributed by atoms with E-state index in [2.05, 4.69) is 20.3 Å². The van der Waals surface area contributed by atoms with Gasteiger partial charge in [0.15, 0.2) is 16.7 Å². The summed E-state index contributed by atoms with van der Waals surface area (Å²) in [6, 6.07) is 6.66. The zero-order chi connectivity index (χ0) is 18.5. The van der Waals surface area contributed by atoms with Gasteiger partial charge in [-0.1, -0.05) is 11.8 Å². The van der Waals surface area contributed by atoms with Gasteiger partial charge in [-0.05, 0) is 24.3 Å². The highest BCUT2D eigenvalue weighted by Gasteiger charge is 2.15. The number of nitrogens with one attached hydrogen (secondary N) is 1. The Morgan fingerprint density at radius 1 is 1.31 bits per heavy atom. The van der Waals surface area contributed by atoms with Crippen molar-refractivity contribution in [3.05, 3.63) is 42.0 Å². The molecule has 0 fully saturated rings. The molecule has 0 aliphatic carbocycles. The first-order valence-electron chi connectivity index (χ1n) is 7.58. The summed E-state index contributed by atoms with van der Waals surface area (Å²) in [6.07, 6.45) is 1.56. The maximum Gasteiger partial charge on any atom is 0.373 e. The lowest BCUT2D eigenvalue weighted by Gasteiger charge is -2.04. The Bertz CT molecular complexity index is 900. The molecule has 0 bridgehead atoms. The third-order valence-corrected chi connectivity index (χ3v) is 4.44. The minimum Gasteiger partial charge on any atom is -0.463 e. The van der Waals surface area contributed by atoms with Gasteiger partial charge >= 0.3 is 5.97 Å². The molecule has 0 aliphatic heterocycles. The van der Waals surface area contributed by atoms with Gasteiger partial charge in [-0.15, -0.1) is 10.2 Å². The number of carbonyl (C=O) groups is 2. The summed E-state index contributed by atoms with van der Waals surface area (Å²) in [4.78, 5) is 23.3. The van der Waals surface area contributed by atoms with Crippen molar-refractivity contribution in [2.24, 2.45) is 7.05 Å². The van der Waals surface area contributed by atoms with Gasteiger partial charge in [0.1, 0.15) is 5.76 Å². The van der Waals surface area contributed by atoms with Crippen LogP contribution in [0.25, 0.3) is 11.6 Å². The van der Waals surface area contributed by atoms with Crippen LogP contribution in [0.5, 0.6) is 0 Å². The lowest BCUT2D eigenvalue weighted by Crippen LogP contribution is -2.24. The van der Waals surface area contributed by atoms with Crippen LogP contribution < -0.4 is 5.32 Å². The fraction of sp³-hybridized carbons (Fsp3) is 0.250. The Hall–Kier alpha value is -3.01. The highest BCUT2D eigenvalue weighted by atomic mass is 32.2.